The van der Waals surface area contributed by atoms with E-state index in [0.717, 1.165) is 13.0 Å². The monoisotopic (exact) mass is 235 g/mol. The van der Waals surface area contributed by atoms with Crippen LogP contribution in [-0.4, -0.2) is 19.3 Å². The minimum Gasteiger partial charge on any atom is -0.377 e. The third kappa shape index (κ3) is 3.30. The molecule has 0 saturated carbocycles. The third-order valence-electron chi connectivity index (χ3n) is 3.60. The molecule has 0 aliphatic rings. The molecule has 0 aliphatic heterocycles. The Hall–Kier alpha value is -0.860. The normalized spacial score (nSPS) is 16.5. The zero-order valence-electron chi connectivity index (χ0n) is 11.7. The quantitative estimate of drug-likeness (QED) is 0.815. The number of rotatable bonds is 6. The van der Waals surface area contributed by atoms with Crippen molar-refractivity contribution in [2.24, 2.45) is 0 Å². The molecule has 0 spiro atoms. The first-order chi connectivity index (χ1) is 8.07. The minimum atomic E-state index is -0.161. The van der Waals surface area contributed by atoms with E-state index in [1.54, 1.807) is 7.11 Å². The Balaban J connectivity index is 3.03. The fourth-order valence-electron chi connectivity index (χ4n) is 2.12. The highest BCUT2D eigenvalue weighted by Gasteiger charge is 2.32. The predicted octanol–water partition coefficient (Wildman–Crippen LogP) is 3.46. The summed E-state index contributed by atoms with van der Waals surface area (Å²) in [5.41, 5.74) is 2.42. The molecule has 2 nitrogen and oxygen atoms in total. The molecule has 0 radical (unpaired) electrons. The molecule has 2 heteroatoms. The Kier molecular flexibility index (Phi) is 5.16. The molecule has 17 heavy (non-hydrogen) atoms. The number of hydrogen-bond donors (Lipinski definition) is 1. The summed E-state index contributed by atoms with van der Waals surface area (Å²) in [5, 5.41) is 3.54. The van der Waals surface area contributed by atoms with E-state index in [1.807, 2.05) is 0 Å². The van der Waals surface area contributed by atoms with Crippen molar-refractivity contribution in [2.75, 3.05) is 13.7 Å². The molecule has 0 aromatic heterocycles. The Morgan fingerprint density at radius 1 is 1.24 bits per heavy atom. The van der Waals surface area contributed by atoms with Gasteiger partial charge in [0.2, 0.25) is 0 Å². The van der Waals surface area contributed by atoms with E-state index < -0.39 is 0 Å². The van der Waals surface area contributed by atoms with Gasteiger partial charge in [-0.25, -0.2) is 0 Å². The zero-order chi connectivity index (χ0) is 12.9. The maximum atomic E-state index is 5.72. The van der Waals surface area contributed by atoms with Crippen molar-refractivity contribution in [2.45, 2.75) is 45.8 Å². The van der Waals surface area contributed by atoms with Crippen LogP contribution in [-0.2, 0) is 4.74 Å². The average Bonchev–Trinajstić information content (AvgIpc) is 2.36. The van der Waals surface area contributed by atoms with Crippen molar-refractivity contribution < 1.29 is 4.74 Å². The molecule has 0 bridgehead atoms. The van der Waals surface area contributed by atoms with Crippen LogP contribution in [0.5, 0.6) is 0 Å². The van der Waals surface area contributed by atoms with E-state index in [1.165, 1.54) is 11.1 Å². The van der Waals surface area contributed by atoms with Crippen molar-refractivity contribution in [3.8, 4) is 0 Å². The second-order valence-corrected chi connectivity index (χ2v) is 4.77. The lowest BCUT2D eigenvalue weighted by Crippen LogP contribution is -2.42. The van der Waals surface area contributed by atoms with Gasteiger partial charge in [0, 0.05) is 7.11 Å². The average molecular weight is 235 g/mol. The number of nitrogens with one attached hydrogen (secondary N) is 1. The number of ether oxygens (including phenoxy) is 1. The first-order valence-corrected chi connectivity index (χ1v) is 6.42. The van der Waals surface area contributed by atoms with Crippen molar-refractivity contribution in [1.29, 1.82) is 0 Å². The molecule has 1 rings (SSSR count). The third-order valence-corrected chi connectivity index (χ3v) is 3.60. The van der Waals surface area contributed by atoms with Crippen molar-refractivity contribution in [3.05, 3.63) is 35.4 Å². The SMILES string of the molecule is CCNC(c1ccc(C)cc1)C(C)(CC)OC. The topological polar surface area (TPSA) is 21.3 Å². The maximum absolute atomic E-state index is 5.72. The van der Waals surface area contributed by atoms with Gasteiger partial charge in [-0.1, -0.05) is 43.7 Å². The molecule has 0 amide bonds. The summed E-state index contributed by atoms with van der Waals surface area (Å²) in [6.45, 7) is 9.52. The molecular weight excluding hydrogens is 210 g/mol. The Labute approximate surface area is 105 Å². The summed E-state index contributed by atoms with van der Waals surface area (Å²) < 4.78 is 5.72. The Morgan fingerprint density at radius 3 is 2.24 bits per heavy atom. The lowest BCUT2D eigenvalue weighted by Gasteiger charge is -2.36. The molecule has 0 aliphatic carbocycles. The number of benzene rings is 1. The number of hydrogen-bond acceptors (Lipinski definition) is 2. The van der Waals surface area contributed by atoms with Crippen LogP contribution in [0.15, 0.2) is 24.3 Å². The molecule has 0 fully saturated rings. The first kappa shape index (κ1) is 14.2. The molecule has 2 atom stereocenters. The largest absolute Gasteiger partial charge is 0.377 e. The Bertz CT molecular complexity index is 327. The van der Waals surface area contributed by atoms with Gasteiger partial charge in [0.25, 0.3) is 0 Å². The van der Waals surface area contributed by atoms with Gasteiger partial charge in [0.1, 0.15) is 0 Å². The van der Waals surface area contributed by atoms with Crippen LogP contribution < -0.4 is 5.32 Å². The summed E-state index contributed by atoms with van der Waals surface area (Å²) in [7, 11) is 1.79. The van der Waals surface area contributed by atoms with E-state index in [2.05, 4.69) is 57.3 Å². The molecule has 0 saturated heterocycles. The second kappa shape index (κ2) is 6.18. The van der Waals surface area contributed by atoms with Crippen LogP contribution in [0.1, 0.15) is 44.4 Å². The van der Waals surface area contributed by atoms with Gasteiger partial charge in [0.05, 0.1) is 11.6 Å². The lowest BCUT2D eigenvalue weighted by molar-refractivity contribution is -0.0295. The standard InChI is InChI=1S/C15H25NO/c1-6-15(4,17-5)14(16-7-2)13-10-8-12(3)9-11-13/h8-11,14,16H,6-7H2,1-5H3. The summed E-state index contributed by atoms with van der Waals surface area (Å²) >= 11 is 0. The van der Waals surface area contributed by atoms with E-state index in [0.29, 0.717) is 0 Å². The van der Waals surface area contributed by atoms with Gasteiger partial charge in [-0.15, -0.1) is 0 Å². The van der Waals surface area contributed by atoms with Gasteiger partial charge < -0.3 is 10.1 Å². The smallest absolute Gasteiger partial charge is 0.0841 e. The highest BCUT2D eigenvalue weighted by atomic mass is 16.5. The molecule has 1 aromatic carbocycles. The van der Waals surface area contributed by atoms with Gasteiger partial charge >= 0.3 is 0 Å². The van der Waals surface area contributed by atoms with Gasteiger partial charge in [-0.3, -0.25) is 0 Å². The van der Waals surface area contributed by atoms with Crippen molar-refractivity contribution in [1.82, 2.24) is 5.32 Å². The van der Waals surface area contributed by atoms with Gasteiger partial charge in [-0.2, -0.15) is 0 Å². The molecule has 0 heterocycles. The fraction of sp³-hybridized carbons (Fsp3) is 0.600. The van der Waals surface area contributed by atoms with E-state index in [-0.39, 0.29) is 11.6 Å². The van der Waals surface area contributed by atoms with Crippen LogP contribution >= 0.6 is 0 Å². The molecule has 2 unspecified atom stereocenters. The van der Waals surface area contributed by atoms with E-state index >= 15 is 0 Å². The molecule has 1 aromatic rings. The van der Waals surface area contributed by atoms with Crippen molar-refractivity contribution in [3.63, 3.8) is 0 Å². The predicted molar refractivity (Wildman–Crippen MR) is 73.3 cm³/mol. The van der Waals surface area contributed by atoms with Crippen LogP contribution in [0.3, 0.4) is 0 Å². The molecular formula is C15H25NO. The Morgan fingerprint density at radius 2 is 1.82 bits per heavy atom. The fourth-order valence-corrected chi connectivity index (χ4v) is 2.12. The van der Waals surface area contributed by atoms with Crippen molar-refractivity contribution >= 4 is 0 Å². The maximum Gasteiger partial charge on any atom is 0.0841 e. The lowest BCUT2D eigenvalue weighted by atomic mass is 9.87. The van der Waals surface area contributed by atoms with Crippen LogP contribution in [0.4, 0.5) is 0 Å². The molecule has 1 N–H and O–H groups in total. The summed E-state index contributed by atoms with van der Waals surface area (Å²) in [6, 6.07) is 8.94. The zero-order valence-corrected chi connectivity index (χ0v) is 11.7. The van der Waals surface area contributed by atoms with Gasteiger partial charge in [-0.05, 0) is 32.4 Å². The van der Waals surface area contributed by atoms with E-state index in [9.17, 15) is 0 Å². The second-order valence-electron chi connectivity index (χ2n) is 4.77. The summed E-state index contributed by atoms with van der Waals surface area (Å²) in [5.74, 6) is 0. The summed E-state index contributed by atoms with van der Waals surface area (Å²) in [4.78, 5) is 0. The highest BCUT2D eigenvalue weighted by Crippen LogP contribution is 2.31. The molecule has 96 valence electrons. The van der Waals surface area contributed by atoms with E-state index in [4.69, 9.17) is 4.74 Å². The van der Waals surface area contributed by atoms with Gasteiger partial charge in [0.15, 0.2) is 0 Å². The summed E-state index contributed by atoms with van der Waals surface area (Å²) in [6.07, 6.45) is 0.981. The van der Waals surface area contributed by atoms with Crippen LogP contribution in [0.25, 0.3) is 0 Å². The highest BCUT2D eigenvalue weighted by molar-refractivity contribution is 5.26. The van der Waals surface area contributed by atoms with Crippen LogP contribution in [0.2, 0.25) is 0 Å². The first-order valence-electron chi connectivity index (χ1n) is 6.42. The van der Waals surface area contributed by atoms with Crippen LogP contribution in [0, 0.1) is 6.92 Å². The minimum absolute atomic E-state index is 0.161. The number of aryl methyl sites for hydroxylation is 1. The number of likely N-dealkylation sites (N-methyl/N-ethyl adjacent to an activating group) is 1. The number of methoxy groups -OCH3 is 1.